The van der Waals surface area contributed by atoms with E-state index in [1.165, 1.54) is 6.07 Å². The molecule has 0 saturated heterocycles. The van der Waals surface area contributed by atoms with E-state index in [2.05, 4.69) is 5.32 Å². The van der Waals surface area contributed by atoms with Crippen molar-refractivity contribution in [3.63, 3.8) is 0 Å². The third kappa shape index (κ3) is 3.66. The summed E-state index contributed by atoms with van der Waals surface area (Å²) < 4.78 is 44.1. The van der Waals surface area contributed by atoms with Gasteiger partial charge in [0.05, 0.1) is 18.2 Å². The molecule has 0 fully saturated rings. The highest BCUT2D eigenvalue weighted by atomic mass is 32.1. The van der Waals surface area contributed by atoms with Crippen LogP contribution in [0.3, 0.4) is 0 Å². The molecule has 1 N–H and O–H groups in total. The van der Waals surface area contributed by atoms with Crippen LogP contribution in [0.15, 0.2) is 18.2 Å². The molecular weight excluding hydrogens is 381 g/mol. The lowest BCUT2D eigenvalue weighted by Gasteiger charge is -2.13. The van der Waals surface area contributed by atoms with Crippen LogP contribution in [0.5, 0.6) is 5.75 Å². The van der Waals surface area contributed by atoms with Crippen LogP contribution in [0.4, 0.5) is 18.2 Å². The predicted molar refractivity (Wildman–Crippen MR) is 92.0 cm³/mol. The van der Waals surface area contributed by atoms with Crippen LogP contribution in [0.1, 0.15) is 38.3 Å². The number of nitriles is 1. The van der Waals surface area contributed by atoms with Crippen molar-refractivity contribution in [1.29, 1.82) is 5.26 Å². The molecule has 1 amide bonds. The number of nitrogens with one attached hydrogen (secondary N) is 1. The minimum atomic E-state index is -4.68. The zero-order valence-corrected chi connectivity index (χ0v) is 14.9. The van der Waals surface area contributed by atoms with E-state index in [4.69, 9.17) is 4.74 Å². The highest BCUT2D eigenvalue weighted by molar-refractivity contribution is 7.16. The number of Topliss-reactive ketones (excluding diaryl/α,β-unsaturated/α-hetero) is 1. The normalized spacial score (nSPS) is 13.7. The van der Waals surface area contributed by atoms with Crippen molar-refractivity contribution < 1.29 is 27.5 Å². The van der Waals surface area contributed by atoms with Crippen molar-refractivity contribution in [3.05, 3.63) is 45.3 Å². The van der Waals surface area contributed by atoms with Gasteiger partial charge in [-0.1, -0.05) is 0 Å². The molecule has 1 aliphatic carbocycles. The first-order valence-electron chi connectivity index (χ1n) is 7.87. The van der Waals surface area contributed by atoms with Gasteiger partial charge in [-0.15, -0.1) is 11.3 Å². The van der Waals surface area contributed by atoms with Crippen molar-refractivity contribution in [2.75, 3.05) is 12.4 Å². The van der Waals surface area contributed by atoms with Gasteiger partial charge in [0.1, 0.15) is 22.6 Å². The maximum Gasteiger partial charge on any atom is 0.419 e. The highest BCUT2D eigenvalue weighted by Gasteiger charge is 2.35. The Kier molecular flexibility index (Phi) is 4.93. The van der Waals surface area contributed by atoms with Crippen LogP contribution < -0.4 is 10.1 Å². The first-order chi connectivity index (χ1) is 12.7. The van der Waals surface area contributed by atoms with E-state index >= 15 is 0 Å². The molecular formula is C18H13F3N2O3S. The Morgan fingerprint density at radius 3 is 2.70 bits per heavy atom. The molecule has 3 rings (SSSR count). The summed E-state index contributed by atoms with van der Waals surface area (Å²) in [6.07, 6.45) is -3.73. The minimum Gasteiger partial charge on any atom is -0.496 e. The summed E-state index contributed by atoms with van der Waals surface area (Å²) >= 11 is 1.11. The molecule has 0 atom stereocenters. The van der Waals surface area contributed by atoms with E-state index in [0.29, 0.717) is 23.8 Å². The fraction of sp³-hybridized carbons (Fsp3) is 0.278. The number of carbonyl (C=O) groups is 2. The van der Waals surface area contributed by atoms with E-state index in [1.54, 1.807) is 0 Å². The van der Waals surface area contributed by atoms with Gasteiger partial charge in [-0.05, 0) is 30.2 Å². The average molecular weight is 394 g/mol. The van der Waals surface area contributed by atoms with Gasteiger partial charge in [0.2, 0.25) is 0 Å². The number of ether oxygens (including phenoxy) is 1. The number of nitrogens with zero attached hydrogens (tertiary/aromatic N) is 1. The molecule has 0 radical (unpaired) electrons. The van der Waals surface area contributed by atoms with E-state index in [0.717, 1.165) is 30.1 Å². The van der Waals surface area contributed by atoms with E-state index in [9.17, 15) is 28.0 Å². The number of fused-ring (bicyclic) bond motifs is 1. The van der Waals surface area contributed by atoms with Crippen molar-refractivity contribution in [1.82, 2.24) is 0 Å². The van der Waals surface area contributed by atoms with E-state index in [1.807, 2.05) is 6.07 Å². The largest absolute Gasteiger partial charge is 0.496 e. The number of hydrogen-bond acceptors (Lipinski definition) is 5. The van der Waals surface area contributed by atoms with Crippen LogP contribution in [-0.2, 0) is 23.8 Å². The number of hydrogen-bond donors (Lipinski definition) is 1. The molecule has 5 nitrogen and oxygen atoms in total. The number of rotatable bonds is 3. The standard InChI is InChI=1S/C18H13F3N2O3S/c1-26-14-5-2-9(6-13(14)18(19,20)21)16(25)23-17-12(8-22)11-4-3-10(24)7-15(11)27-17/h2,5-6H,3-4,7H2,1H3,(H,23,25). The number of carbonyl (C=O) groups excluding carboxylic acids is 2. The molecule has 1 aromatic carbocycles. The van der Waals surface area contributed by atoms with Crippen LogP contribution in [0.25, 0.3) is 0 Å². The van der Waals surface area contributed by atoms with Crippen molar-refractivity contribution in [2.45, 2.75) is 25.4 Å². The SMILES string of the molecule is COc1ccc(C(=O)Nc2sc3c(c2C#N)CCC(=O)C3)cc1C(F)(F)F. The molecule has 0 unspecified atom stereocenters. The molecule has 0 bridgehead atoms. The van der Waals surface area contributed by atoms with Gasteiger partial charge in [0.25, 0.3) is 5.91 Å². The zero-order valence-electron chi connectivity index (χ0n) is 14.1. The number of alkyl halides is 3. The summed E-state index contributed by atoms with van der Waals surface area (Å²) in [4.78, 5) is 24.7. The lowest BCUT2D eigenvalue weighted by molar-refractivity contribution is -0.138. The maximum atomic E-state index is 13.1. The smallest absolute Gasteiger partial charge is 0.419 e. The quantitative estimate of drug-likeness (QED) is 0.855. The molecule has 1 aromatic heterocycles. The topological polar surface area (TPSA) is 79.2 Å². The van der Waals surface area contributed by atoms with Crippen molar-refractivity contribution >= 4 is 28.0 Å². The Morgan fingerprint density at radius 2 is 2.07 bits per heavy atom. The molecule has 1 heterocycles. The Balaban J connectivity index is 1.93. The van der Waals surface area contributed by atoms with Gasteiger partial charge in [0, 0.05) is 23.3 Å². The molecule has 0 saturated carbocycles. The number of methoxy groups -OCH3 is 1. The summed E-state index contributed by atoms with van der Waals surface area (Å²) in [5, 5.41) is 12.1. The lowest BCUT2D eigenvalue weighted by Crippen LogP contribution is -2.15. The van der Waals surface area contributed by atoms with Crippen molar-refractivity contribution in [2.24, 2.45) is 0 Å². The Bertz CT molecular complexity index is 973. The summed E-state index contributed by atoms with van der Waals surface area (Å²) in [6, 6.07) is 5.00. The van der Waals surface area contributed by atoms with Crippen LogP contribution in [0.2, 0.25) is 0 Å². The monoisotopic (exact) mass is 394 g/mol. The summed E-state index contributed by atoms with van der Waals surface area (Å²) in [5.74, 6) is -1.11. The molecule has 1 aliphatic rings. The van der Waals surface area contributed by atoms with Crippen LogP contribution in [0, 0.1) is 11.3 Å². The van der Waals surface area contributed by atoms with Gasteiger partial charge < -0.3 is 10.1 Å². The highest BCUT2D eigenvalue weighted by Crippen LogP contribution is 2.38. The second-order valence-electron chi connectivity index (χ2n) is 5.90. The fourth-order valence-corrected chi connectivity index (χ4v) is 4.13. The minimum absolute atomic E-state index is 0.0519. The maximum absolute atomic E-state index is 13.1. The van der Waals surface area contributed by atoms with Gasteiger partial charge in [0.15, 0.2) is 0 Å². The average Bonchev–Trinajstić information content (AvgIpc) is 2.96. The fourth-order valence-electron chi connectivity index (χ4n) is 2.90. The molecule has 2 aromatic rings. The van der Waals surface area contributed by atoms with Gasteiger partial charge in [-0.25, -0.2) is 0 Å². The van der Waals surface area contributed by atoms with Crippen LogP contribution >= 0.6 is 11.3 Å². The molecule has 9 heteroatoms. The molecule has 27 heavy (non-hydrogen) atoms. The number of amides is 1. The van der Waals surface area contributed by atoms with Gasteiger partial charge in [-0.2, -0.15) is 18.4 Å². The third-order valence-corrected chi connectivity index (χ3v) is 5.36. The van der Waals surface area contributed by atoms with Gasteiger partial charge in [-0.3, -0.25) is 9.59 Å². The summed E-state index contributed by atoms with van der Waals surface area (Å²) in [5.41, 5.74) is -0.285. The summed E-state index contributed by atoms with van der Waals surface area (Å²) in [7, 11) is 1.11. The Hall–Kier alpha value is -2.86. The number of thiophene rings is 1. The van der Waals surface area contributed by atoms with E-state index in [-0.39, 0.29) is 34.1 Å². The second-order valence-corrected chi connectivity index (χ2v) is 7.01. The van der Waals surface area contributed by atoms with Crippen molar-refractivity contribution in [3.8, 4) is 11.8 Å². The Labute approximate surface area is 156 Å². The van der Waals surface area contributed by atoms with Crippen LogP contribution in [-0.4, -0.2) is 18.8 Å². The number of ketones is 1. The Morgan fingerprint density at radius 1 is 1.33 bits per heavy atom. The molecule has 0 aliphatic heterocycles. The molecule has 140 valence electrons. The third-order valence-electron chi connectivity index (χ3n) is 4.21. The first kappa shape index (κ1) is 18.9. The van der Waals surface area contributed by atoms with E-state index < -0.39 is 17.6 Å². The number of anilines is 1. The predicted octanol–water partition coefficient (Wildman–Crippen LogP) is 3.96. The number of benzene rings is 1. The second kappa shape index (κ2) is 7.04. The molecule has 0 spiro atoms. The first-order valence-corrected chi connectivity index (χ1v) is 8.69. The lowest BCUT2D eigenvalue weighted by atomic mass is 9.95. The summed E-state index contributed by atoms with van der Waals surface area (Å²) in [6.45, 7) is 0. The zero-order chi connectivity index (χ0) is 19.8. The number of halogens is 3. The van der Waals surface area contributed by atoms with Gasteiger partial charge >= 0.3 is 6.18 Å².